The Kier molecular flexibility index (Phi) is 2.84. The summed E-state index contributed by atoms with van der Waals surface area (Å²) in [5, 5.41) is 3.89. The molecule has 3 fully saturated rings. The van der Waals surface area contributed by atoms with Crippen molar-refractivity contribution in [2.24, 2.45) is 16.7 Å². The molecule has 2 nitrogen and oxygen atoms in total. The quantitative estimate of drug-likeness (QED) is 0.828. The van der Waals surface area contributed by atoms with Crippen LogP contribution in [0.2, 0.25) is 0 Å². The van der Waals surface area contributed by atoms with E-state index in [1.165, 1.54) is 32.2 Å². The molecule has 2 bridgehead atoms. The predicted molar refractivity (Wildman–Crippen MR) is 76.6 cm³/mol. The SMILES string of the molecule is CN1C2CCC1CC(NCC1C(C)(C)C1(C)C)C2. The molecule has 0 amide bonds. The minimum Gasteiger partial charge on any atom is -0.314 e. The molecule has 18 heavy (non-hydrogen) atoms. The van der Waals surface area contributed by atoms with Gasteiger partial charge in [0.25, 0.3) is 0 Å². The second kappa shape index (κ2) is 3.96. The number of rotatable bonds is 3. The zero-order chi connectivity index (χ0) is 13.1. The molecule has 1 aliphatic carbocycles. The van der Waals surface area contributed by atoms with Crippen molar-refractivity contribution in [2.75, 3.05) is 13.6 Å². The second-order valence-corrected chi connectivity index (χ2v) is 8.12. The average Bonchev–Trinajstić information content (AvgIpc) is 2.59. The van der Waals surface area contributed by atoms with Crippen molar-refractivity contribution in [3.8, 4) is 0 Å². The first kappa shape index (κ1) is 12.9. The molecule has 2 saturated heterocycles. The van der Waals surface area contributed by atoms with Gasteiger partial charge in [-0.2, -0.15) is 0 Å². The molecular formula is C16H30N2. The number of fused-ring (bicyclic) bond motifs is 2. The van der Waals surface area contributed by atoms with E-state index in [1.807, 2.05) is 0 Å². The summed E-state index contributed by atoms with van der Waals surface area (Å²) in [4.78, 5) is 2.63. The van der Waals surface area contributed by atoms with E-state index in [9.17, 15) is 0 Å². The van der Waals surface area contributed by atoms with Gasteiger partial charge in [-0.25, -0.2) is 0 Å². The Bertz CT molecular complexity index is 306. The normalized spacial score (nSPS) is 42.2. The van der Waals surface area contributed by atoms with Crippen LogP contribution in [0.1, 0.15) is 53.4 Å². The molecule has 2 atom stereocenters. The van der Waals surface area contributed by atoms with Gasteiger partial charge >= 0.3 is 0 Å². The van der Waals surface area contributed by atoms with Crippen LogP contribution in [-0.4, -0.2) is 36.6 Å². The van der Waals surface area contributed by atoms with E-state index in [0.29, 0.717) is 10.8 Å². The zero-order valence-electron chi connectivity index (χ0n) is 12.8. The molecule has 2 aliphatic heterocycles. The first-order valence-corrected chi connectivity index (χ1v) is 7.79. The summed E-state index contributed by atoms with van der Waals surface area (Å²) in [7, 11) is 2.33. The fourth-order valence-electron chi connectivity index (χ4n) is 4.71. The van der Waals surface area contributed by atoms with Crippen LogP contribution in [0.5, 0.6) is 0 Å². The highest BCUT2D eigenvalue weighted by atomic mass is 15.2. The van der Waals surface area contributed by atoms with Crippen molar-refractivity contribution in [3.05, 3.63) is 0 Å². The number of nitrogens with one attached hydrogen (secondary N) is 1. The van der Waals surface area contributed by atoms with E-state index >= 15 is 0 Å². The van der Waals surface area contributed by atoms with Crippen LogP contribution in [-0.2, 0) is 0 Å². The van der Waals surface area contributed by atoms with Gasteiger partial charge in [0.15, 0.2) is 0 Å². The first-order chi connectivity index (χ1) is 8.34. The number of piperidine rings is 1. The maximum absolute atomic E-state index is 3.89. The molecule has 1 N–H and O–H groups in total. The van der Waals surface area contributed by atoms with Gasteiger partial charge in [-0.05, 0) is 56.0 Å². The summed E-state index contributed by atoms with van der Waals surface area (Å²) < 4.78 is 0. The lowest BCUT2D eigenvalue weighted by Crippen LogP contribution is -2.47. The molecule has 104 valence electrons. The van der Waals surface area contributed by atoms with Crippen LogP contribution in [0.15, 0.2) is 0 Å². The molecular weight excluding hydrogens is 220 g/mol. The van der Waals surface area contributed by atoms with Gasteiger partial charge in [-0.15, -0.1) is 0 Å². The predicted octanol–water partition coefficient (Wildman–Crippen LogP) is 2.88. The third-order valence-electron chi connectivity index (χ3n) is 7.03. The van der Waals surface area contributed by atoms with Gasteiger partial charge in [0.2, 0.25) is 0 Å². The van der Waals surface area contributed by atoms with Crippen LogP contribution in [0.4, 0.5) is 0 Å². The van der Waals surface area contributed by atoms with Gasteiger partial charge in [-0.1, -0.05) is 27.7 Å². The molecule has 2 heteroatoms. The summed E-state index contributed by atoms with van der Waals surface area (Å²) in [6.45, 7) is 10.9. The van der Waals surface area contributed by atoms with Crippen molar-refractivity contribution < 1.29 is 0 Å². The van der Waals surface area contributed by atoms with Crippen molar-refractivity contribution in [1.82, 2.24) is 10.2 Å². The van der Waals surface area contributed by atoms with Crippen LogP contribution in [0.3, 0.4) is 0 Å². The van der Waals surface area contributed by atoms with Gasteiger partial charge in [0, 0.05) is 18.1 Å². The highest BCUT2D eigenvalue weighted by molar-refractivity contribution is 5.13. The fourth-order valence-corrected chi connectivity index (χ4v) is 4.71. The van der Waals surface area contributed by atoms with Crippen LogP contribution in [0.25, 0.3) is 0 Å². The van der Waals surface area contributed by atoms with E-state index in [2.05, 4.69) is 45.0 Å². The molecule has 0 radical (unpaired) electrons. The van der Waals surface area contributed by atoms with E-state index in [4.69, 9.17) is 0 Å². The lowest BCUT2D eigenvalue weighted by atomic mass is 9.97. The van der Waals surface area contributed by atoms with Crippen LogP contribution < -0.4 is 5.32 Å². The van der Waals surface area contributed by atoms with Crippen LogP contribution in [0, 0.1) is 16.7 Å². The lowest BCUT2D eigenvalue weighted by Gasteiger charge is -2.37. The van der Waals surface area contributed by atoms with Crippen molar-refractivity contribution in [2.45, 2.75) is 71.5 Å². The third kappa shape index (κ3) is 1.76. The van der Waals surface area contributed by atoms with Gasteiger partial charge < -0.3 is 10.2 Å². The Morgan fingerprint density at radius 1 is 1.00 bits per heavy atom. The largest absolute Gasteiger partial charge is 0.314 e. The molecule has 0 aromatic rings. The van der Waals surface area contributed by atoms with E-state index in [1.54, 1.807) is 0 Å². The summed E-state index contributed by atoms with van der Waals surface area (Å²) >= 11 is 0. The standard InChI is InChI=1S/C16H30N2/c1-15(2)14(16(15,3)4)10-17-11-8-12-6-7-13(9-11)18(12)5/h11-14,17H,6-10H2,1-5H3. The molecule has 3 aliphatic rings. The minimum atomic E-state index is 0.532. The lowest BCUT2D eigenvalue weighted by molar-refractivity contribution is 0.147. The number of hydrogen-bond donors (Lipinski definition) is 1. The van der Waals surface area contributed by atoms with Crippen LogP contribution >= 0.6 is 0 Å². The first-order valence-electron chi connectivity index (χ1n) is 7.79. The molecule has 0 aromatic heterocycles. The van der Waals surface area contributed by atoms with E-state index in [0.717, 1.165) is 24.0 Å². The summed E-state index contributed by atoms with van der Waals surface area (Å²) in [6.07, 6.45) is 5.61. The summed E-state index contributed by atoms with van der Waals surface area (Å²) in [5.41, 5.74) is 1.06. The van der Waals surface area contributed by atoms with Gasteiger partial charge in [-0.3, -0.25) is 0 Å². The zero-order valence-corrected chi connectivity index (χ0v) is 12.8. The molecule has 1 saturated carbocycles. The Morgan fingerprint density at radius 3 is 1.94 bits per heavy atom. The fraction of sp³-hybridized carbons (Fsp3) is 1.00. The monoisotopic (exact) mass is 250 g/mol. The molecule has 3 rings (SSSR count). The Balaban J connectivity index is 1.51. The van der Waals surface area contributed by atoms with Crippen molar-refractivity contribution in [3.63, 3.8) is 0 Å². The summed E-state index contributed by atoms with van der Waals surface area (Å²) in [5.74, 6) is 0.863. The highest BCUT2D eigenvalue weighted by Crippen LogP contribution is 2.68. The second-order valence-electron chi connectivity index (χ2n) is 8.12. The minimum absolute atomic E-state index is 0.532. The number of nitrogens with zero attached hydrogens (tertiary/aromatic N) is 1. The van der Waals surface area contributed by atoms with E-state index in [-0.39, 0.29) is 0 Å². The van der Waals surface area contributed by atoms with Gasteiger partial charge in [0.05, 0.1) is 0 Å². The maximum Gasteiger partial charge on any atom is 0.0111 e. The Hall–Kier alpha value is -0.0800. The highest BCUT2D eigenvalue weighted by Gasteiger charge is 2.64. The Morgan fingerprint density at radius 2 is 1.50 bits per heavy atom. The molecule has 0 aromatic carbocycles. The van der Waals surface area contributed by atoms with Crippen molar-refractivity contribution in [1.29, 1.82) is 0 Å². The van der Waals surface area contributed by atoms with Gasteiger partial charge in [0.1, 0.15) is 0 Å². The average molecular weight is 250 g/mol. The topological polar surface area (TPSA) is 15.3 Å². The molecule has 2 unspecified atom stereocenters. The molecule has 0 spiro atoms. The smallest absolute Gasteiger partial charge is 0.0111 e. The maximum atomic E-state index is 3.89. The number of hydrogen-bond acceptors (Lipinski definition) is 2. The third-order valence-corrected chi connectivity index (χ3v) is 7.03. The summed E-state index contributed by atoms with van der Waals surface area (Å²) in [6, 6.07) is 2.51. The van der Waals surface area contributed by atoms with Crippen molar-refractivity contribution >= 4 is 0 Å². The molecule has 2 heterocycles. The Labute approximate surface area is 113 Å². The van der Waals surface area contributed by atoms with E-state index < -0.39 is 0 Å².